The van der Waals surface area contributed by atoms with Crippen molar-refractivity contribution in [1.82, 2.24) is 9.88 Å². The first-order valence-electron chi connectivity index (χ1n) is 5.36. The van der Waals surface area contributed by atoms with Gasteiger partial charge in [0.05, 0.1) is 6.54 Å². The SMILES string of the molecule is Cl.Cl.O=C(O)CN1CCN(c2ccccn2)CC1. The van der Waals surface area contributed by atoms with E-state index in [2.05, 4.69) is 9.88 Å². The molecule has 1 aliphatic heterocycles. The number of aromatic nitrogens is 1. The zero-order chi connectivity index (χ0) is 11.4. The van der Waals surface area contributed by atoms with Gasteiger partial charge in [-0.05, 0) is 12.1 Å². The van der Waals surface area contributed by atoms with Gasteiger partial charge in [0.15, 0.2) is 0 Å². The van der Waals surface area contributed by atoms with Crippen LogP contribution in [0.5, 0.6) is 0 Å². The van der Waals surface area contributed by atoms with Gasteiger partial charge in [-0.2, -0.15) is 0 Å². The topological polar surface area (TPSA) is 56.7 Å². The van der Waals surface area contributed by atoms with Crippen molar-refractivity contribution in [1.29, 1.82) is 0 Å². The predicted molar refractivity (Wildman–Crippen MR) is 75.0 cm³/mol. The van der Waals surface area contributed by atoms with Gasteiger partial charge in [-0.25, -0.2) is 4.98 Å². The Bertz CT molecular complexity index is 357. The van der Waals surface area contributed by atoms with Crippen LogP contribution < -0.4 is 4.90 Å². The Labute approximate surface area is 119 Å². The lowest BCUT2D eigenvalue weighted by molar-refractivity contribution is -0.138. The quantitative estimate of drug-likeness (QED) is 0.905. The van der Waals surface area contributed by atoms with Gasteiger partial charge < -0.3 is 10.0 Å². The highest BCUT2D eigenvalue weighted by Gasteiger charge is 2.18. The molecule has 0 unspecified atom stereocenters. The van der Waals surface area contributed by atoms with Gasteiger partial charge in [-0.3, -0.25) is 9.69 Å². The lowest BCUT2D eigenvalue weighted by Crippen LogP contribution is -2.48. The van der Waals surface area contributed by atoms with Crippen LogP contribution in [-0.4, -0.2) is 53.7 Å². The van der Waals surface area contributed by atoms with Gasteiger partial charge >= 0.3 is 5.97 Å². The van der Waals surface area contributed by atoms with Crippen molar-refractivity contribution in [3.05, 3.63) is 24.4 Å². The van der Waals surface area contributed by atoms with E-state index in [0.717, 1.165) is 32.0 Å². The summed E-state index contributed by atoms with van der Waals surface area (Å²) >= 11 is 0. The molecule has 102 valence electrons. The highest BCUT2D eigenvalue weighted by molar-refractivity contribution is 5.85. The van der Waals surface area contributed by atoms with Crippen LogP contribution in [0.3, 0.4) is 0 Å². The zero-order valence-corrected chi connectivity index (χ0v) is 11.5. The molecule has 1 fully saturated rings. The molecule has 1 N–H and O–H groups in total. The number of pyridine rings is 1. The lowest BCUT2D eigenvalue weighted by Gasteiger charge is -2.34. The van der Waals surface area contributed by atoms with Crippen LogP contribution in [0.2, 0.25) is 0 Å². The second-order valence-corrected chi connectivity index (χ2v) is 3.84. The molecule has 0 amide bonds. The van der Waals surface area contributed by atoms with E-state index in [1.807, 2.05) is 23.1 Å². The van der Waals surface area contributed by atoms with Gasteiger partial charge in [-0.15, -0.1) is 24.8 Å². The Morgan fingerprint density at radius 1 is 1.22 bits per heavy atom. The number of carboxylic acids is 1. The third kappa shape index (κ3) is 4.68. The summed E-state index contributed by atoms with van der Waals surface area (Å²) in [6.07, 6.45) is 1.78. The second-order valence-electron chi connectivity index (χ2n) is 3.84. The fraction of sp³-hybridized carbons (Fsp3) is 0.455. The third-order valence-corrected chi connectivity index (χ3v) is 2.70. The first-order valence-corrected chi connectivity index (χ1v) is 5.36. The van der Waals surface area contributed by atoms with Crippen LogP contribution in [-0.2, 0) is 4.79 Å². The molecule has 0 aliphatic carbocycles. The van der Waals surface area contributed by atoms with E-state index < -0.39 is 5.97 Å². The summed E-state index contributed by atoms with van der Waals surface area (Å²) in [6.45, 7) is 3.37. The first-order chi connectivity index (χ1) is 7.75. The smallest absolute Gasteiger partial charge is 0.317 e. The molecular weight excluding hydrogens is 277 g/mol. The van der Waals surface area contributed by atoms with Crippen LogP contribution >= 0.6 is 24.8 Å². The molecule has 2 rings (SSSR count). The standard InChI is InChI=1S/C11H15N3O2.2ClH/c15-11(16)9-13-5-7-14(8-6-13)10-3-1-2-4-12-10;;/h1-4H,5-9H2,(H,15,16);2*1H. The van der Waals surface area contributed by atoms with Gasteiger partial charge in [0.2, 0.25) is 0 Å². The summed E-state index contributed by atoms with van der Waals surface area (Å²) in [5.41, 5.74) is 0. The highest BCUT2D eigenvalue weighted by Crippen LogP contribution is 2.11. The van der Waals surface area contributed by atoms with Crippen LogP contribution in [0, 0.1) is 0 Å². The third-order valence-electron chi connectivity index (χ3n) is 2.70. The first kappa shape index (κ1) is 17.0. The van der Waals surface area contributed by atoms with Gasteiger partial charge in [0.1, 0.15) is 5.82 Å². The van der Waals surface area contributed by atoms with E-state index >= 15 is 0 Å². The molecule has 0 saturated carbocycles. The van der Waals surface area contributed by atoms with Crippen molar-refractivity contribution in [2.75, 3.05) is 37.6 Å². The van der Waals surface area contributed by atoms with Crippen molar-refractivity contribution in [2.24, 2.45) is 0 Å². The van der Waals surface area contributed by atoms with Crippen molar-refractivity contribution in [3.63, 3.8) is 0 Å². The maximum atomic E-state index is 10.6. The van der Waals surface area contributed by atoms with E-state index in [1.54, 1.807) is 6.20 Å². The van der Waals surface area contributed by atoms with Gasteiger partial charge in [-0.1, -0.05) is 6.07 Å². The van der Waals surface area contributed by atoms with Crippen molar-refractivity contribution < 1.29 is 9.90 Å². The predicted octanol–water partition coefficient (Wildman–Crippen LogP) is 1.13. The highest BCUT2D eigenvalue weighted by atomic mass is 35.5. The number of carboxylic acid groups (broad SMARTS) is 1. The Kier molecular flexibility index (Phi) is 7.66. The summed E-state index contributed by atoms with van der Waals surface area (Å²) in [6, 6.07) is 5.84. The number of halogens is 2. The molecule has 2 heterocycles. The average molecular weight is 294 g/mol. The molecule has 1 aliphatic rings. The Morgan fingerprint density at radius 2 is 1.89 bits per heavy atom. The fourth-order valence-corrected chi connectivity index (χ4v) is 1.87. The molecule has 0 bridgehead atoms. The number of hydrogen-bond donors (Lipinski definition) is 1. The second kappa shape index (κ2) is 8.13. The number of anilines is 1. The number of hydrogen-bond acceptors (Lipinski definition) is 4. The monoisotopic (exact) mass is 293 g/mol. The van der Waals surface area contributed by atoms with Crippen LogP contribution in [0.1, 0.15) is 0 Å². The van der Waals surface area contributed by atoms with Gasteiger partial charge in [0, 0.05) is 32.4 Å². The maximum Gasteiger partial charge on any atom is 0.317 e. The van der Waals surface area contributed by atoms with E-state index in [-0.39, 0.29) is 31.4 Å². The van der Waals surface area contributed by atoms with E-state index in [9.17, 15) is 4.79 Å². The lowest BCUT2D eigenvalue weighted by atomic mass is 10.3. The normalized spacial score (nSPS) is 15.4. The zero-order valence-electron chi connectivity index (χ0n) is 9.86. The molecule has 18 heavy (non-hydrogen) atoms. The molecule has 1 saturated heterocycles. The number of nitrogens with zero attached hydrogens (tertiary/aromatic N) is 3. The Morgan fingerprint density at radius 3 is 2.39 bits per heavy atom. The minimum atomic E-state index is -0.758. The van der Waals surface area contributed by atoms with Gasteiger partial charge in [0.25, 0.3) is 0 Å². The maximum absolute atomic E-state index is 10.6. The number of piperazine rings is 1. The molecule has 0 aromatic carbocycles. The molecule has 1 aromatic heterocycles. The molecule has 1 aromatic rings. The summed E-state index contributed by atoms with van der Waals surface area (Å²) in [5, 5.41) is 8.68. The fourth-order valence-electron chi connectivity index (χ4n) is 1.87. The molecule has 0 atom stereocenters. The van der Waals surface area contributed by atoms with Crippen molar-refractivity contribution in [2.45, 2.75) is 0 Å². The number of rotatable bonds is 3. The van der Waals surface area contributed by atoms with Crippen molar-refractivity contribution in [3.8, 4) is 0 Å². The van der Waals surface area contributed by atoms with E-state index in [1.165, 1.54) is 0 Å². The number of carbonyl (C=O) groups is 1. The molecule has 7 heteroatoms. The largest absolute Gasteiger partial charge is 0.480 e. The van der Waals surface area contributed by atoms with Crippen LogP contribution in [0.25, 0.3) is 0 Å². The Hall–Kier alpha value is -1.04. The summed E-state index contributed by atoms with van der Waals surface area (Å²) < 4.78 is 0. The van der Waals surface area contributed by atoms with Crippen LogP contribution in [0.4, 0.5) is 5.82 Å². The Balaban J connectivity index is 0.00000144. The summed E-state index contributed by atoms with van der Waals surface area (Å²) in [4.78, 5) is 19.0. The van der Waals surface area contributed by atoms with E-state index in [4.69, 9.17) is 5.11 Å². The number of aliphatic carboxylic acids is 1. The minimum Gasteiger partial charge on any atom is -0.480 e. The molecule has 0 radical (unpaired) electrons. The van der Waals surface area contributed by atoms with Crippen molar-refractivity contribution >= 4 is 36.6 Å². The average Bonchev–Trinajstić information content (AvgIpc) is 2.30. The summed E-state index contributed by atoms with van der Waals surface area (Å²) in [7, 11) is 0. The minimum absolute atomic E-state index is 0. The van der Waals surface area contributed by atoms with E-state index in [0.29, 0.717) is 0 Å². The molecule has 5 nitrogen and oxygen atoms in total. The summed E-state index contributed by atoms with van der Waals surface area (Å²) in [5.74, 6) is 0.212. The molecular formula is C11H17Cl2N3O2. The van der Waals surface area contributed by atoms with Crippen LogP contribution in [0.15, 0.2) is 24.4 Å². The molecule has 0 spiro atoms.